The first-order valence-corrected chi connectivity index (χ1v) is 14.8. The van der Waals surface area contributed by atoms with E-state index in [0.717, 1.165) is 55.2 Å². The zero-order valence-corrected chi connectivity index (χ0v) is 24.4. The smallest absolute Gasteiger partial charge is 0.260 e. The largest absolute Gasteiger partial charge is 0.338 e. The SMILES string of the molecule is CN.CSN(C)c1ccccc1C(=O)N1CCc2cc(SN3CCN(c4nc(C)cc(C#N)n4)CC3)ccc21. The van der Waals surface area contributed by atoms with Crippen LogP contribution in [0.5, 0.6) is 0 Å². The molecule has 11 heteroatoms. The van der Waals surface area contributed by atoms with Gasteiger partial charge in [-0.2, -0.15) is 5.26 Å². The zero-order chi connectivity index (χ0) is 27.9. The maximum Gasteiger partial charge on any atom is 0.260 e. The molecule has 0 bridgehead atoms. The Hall–Kier alpha value is -3.30. The van der Waals surface area contributed by atoms with Gasteiger partial charge in [0.25, 0.3) is 5.91 Å². The fourth-order valence-corrected chi connectivity index (χ4v) is 6.02. The topological polar surface area (TPSA) is 106 Å². The van der Waals surface area contributed by atoms with Gasteiger partial charge in [-0.1, -0.05) is 24.1 Å². The van der Waals surface area contributed by atoms with Gasteiger partial charge < -0.3 is 19.8 Å². The van der Waals surface area contributed by atoms with Gasteiger partial charge in [-0.25, -0.2) is 14.3 Å². The van der Waals surface area contributed by atoms with Crippen LogP contribution in [0.15, 0.2) is 53.4 Å². The molecule has 2 aromatic carbocycles. The number of benzene rings is 2. The molecule has 3 aromatic rings. The molecular formula is C28H34N8OS2. The number of nitriles is 1. The van der Waals surface area contributed by atoms with Crippen LogP contribution in [0, 0.1) is 18.3 Å². The van der Waals surface area contributed by atoms with Crippen LogP contribution in [0.25, 0.3) is 0 Å². The molecule has 1 amide bonds. The first-order chi connectivity index (χ1) is 19.0. The molecule has 1 aromatic heterocycles. The van der Waals surface area contributed by atoms with Crippen LogP contribution >= 0.6 is 23.9 Å². The number of nitrogens with two attached hydrogens (primary N) is 1. The number of amides is 1. The second kappa shape index (κ2) is 13.2. The van der Waals surface area contributed by atoms with Gasteiger partial charge in [-0.15, -0.1) is 0 Å². The third kappa shape index (κ3) is 6.47. The number of rotatable bonds is 6. The van der Waals surface area contributed by atoms with Crippen LogP contribution in [0.3, 0.4) is 0 Å². The number of hydrogen-bond acceptors (Lipinski definition) is 10. The third-order valence-corrected chi connectivity index (χ3v) is 8.48. The molecule has 2 aliphatic rings. The van der Waals surface area contributed by atoms with E-state index in [1.165, 1.54) is 17.5 Å². The number of carbonyl (C=O) groups is 1. The van der Waals surface area contributed by atoms with Gasteiger partial charge in [-0.05, 0) is 74.3 Å². The summed E-state index contributed by atoms with van der Waals surface area (Å²) >= 11 is 3.34. The summed E-state index contributed by atoms with van der Waals surface area (Å²) < 4.78 is 4.38. The number of carbonyl (C=O) groups excluding carboxylic acids is 1. The molecular weight excluding hydrogens is 528 g/mol. The van der Waals surface area contributed by atoms with Gasteiger partial charge in [0, 0.05) is 62.3 Å². The lowest BCUT2D eigenvalue weighted by atomic mass is 10.1. The minimum absolute atomic E-state index is 0.0460. The maximum atomic E-state index is 13.5. The molecule has 5 rings (SSSR count). The van der Waals surface area contributed by atoms with Crippen molar-refractivity contribution < 1.29 is 4.79 Å². The van der Waals surface area contributed by atoms with E-state index in [9.17, 15) is 10.1 Å². The van der Waals surface area contributed by atoms with E-state index in [1.807, 2.05) is 53.7 Å². The lowest BCUT2D eigenvalue weighted by Gasteiger charge is -2.34. The Labute approximate surface area is 239 Å². The highest BCUT2D eigenvalue weighted by molar-refractivity contribution is 7.99. The second-order valence-electron chi connectivity index (χ2n) is 9.01. The van der Waals surface area contributed by atoms with Crippen LogP contribution in [-0.2, 0) is 6.42 Å². The van der Waals surface area contributed by atoms with Crippen LogP contribution < -0.4 is 19.8 Å². The van der Waals surface area contributed by atoms with E-state index >= 15 is 0 Å². The number of fused-ring (bicyclic) bond motifs is 1. The van der Waals surface area contributed by atoms with Crippen molar-refractivity contribution in [2.75, 3.05) is 67.2 Å². The van der Waals surface area contributed by atoms with Crippen molar-refractivity contribution in [3.05, 3.63) is 71.0 Å². The van der Waals surface area contributed by atoms with Crippen molar-refractivity contribution in [1.29, 1.82) is 5.26 Å². The molecule has 39 heavy (non-hydrogen) atoms. The van der Waals surface area contributed by atoms with Gasteiger partial charge in [-0.3, -0.25) is 4.79 Å². The van der Waals surface area contributed by atoms with Crippen LogP contribution in [0.1, 0.15) is 27.3 Å². The van der Waals surface area contributed by atoms with Crippen molar-refractivity contribution in [2.24, 2.45) is 5.73 Å². The number of anilines is 3. The van der Waals surface area contributed by atoms with Crippen molar-refractivity contribution in [3.63, 3.8) is 0 Å². The van der Waals surface area contributed by atoms with Crippen molar-refractivity contribution >= 4 is 47.1 Å². The Morgan fingerprint density at radius 1 is 1.05 bits per heavy atom. The summed E-state index contributed by atoms with van der Waals surface area (Å²) in [5.41, 5.74) is 9.59. The van der Waals surface area contributed by atoms with E-state index in [4.69, 9.17) is 0 Å². The van der Waals surface area contributed by atoms with E-state index in [2.05, 4.69) is 49.2 Å². The Bertz CT molecular complexity index is 1350. The first kappa shape index (κ1) is 28.7. The Balaban J connectivity index is 0.00000172. The van der Waals surface area contributed by atoms with Crippen LogP contribution in [-0.4, -0.2) is 73.3 Å². The summed E-state index contributed by atoms with van der Waals surface area (Å²) in [6.07, 6.45) is 2.86. The highest BCUT2D eigenvalue weighted by atomic mass is 32.2. The standard InChI is InChI=1S/C27H29N7OS2.CH5N/c1-19-16-21(18-28)30-27(29-19)32-12-14-33(15-13-32)37-22-8-9-24-20(17-22)10-11-34(24)26(35)23-6-4-5-7-25(23)31(2)36-3;1-2/h4-9,16-17H,10-15H2,1-3H3;2H2,1H3. The number of aryl methyl sites for hydroxylation is 1. The molecule has 0 saturated carbocycles. The molecule has 1 fully saturated rings. The average Bonchev–Trinajstić information content (AvgIpc) is 3.40. The summed E-state index contributed by atoms with van der Waals surface area (Å²) in [5, 5.41) is 9.21. The van der Waals surface area contributed by atoms with Crippen molar-refractivity contribution in [2.45, 2.75) is 18.2 Å². The molecule has 9 nitrogen and oxygen atoms in total. The molecule has 3 heterocycles. The van der Waals surface area contributed by atoms with E-state index < -0.39 is 0 Å². The second-order valence-corrected chi connectivity index (χ2v) is 11.1. The molecule has 0 radical (unpaired) electrons. The van der Waals surface area contributed by atoms with Gasteiger partial charge in [0.15, 0.2) is 0 Å². The third-order valence-electron chi connectivity index (χ3n) is 6.65. The molecule has 2 aliphatic heterocycles. The predicted molar refractivity (Wildman–Crippen MR) is 161 cm³/mol. The average molecular weight is 563 g/mol. The number of piperazine rings is 1. The van der Waals surface area contributed by atoms with Crippen LogP contribution in [0.2, 0.25) is 0 Å². The van der Waals surface area contributed by atoms with Gasteiger partial charge in [0.2, 0.25) is 5.95 Å². The quantitative estimate of drug-likeness (QED) is 0.444. The first-order valence-electron chi connectivity index (χ1n) is 12.8. The Morgan fingerprint density at radius 2 is 1.79 bits per heavy atom. The Kier molecular flexibility index (Phi) is 9.69. The molecule has 0 atom stereocenters. The minimum Gasteiger partial charge on any atom is -0.338 e. The number of aromatic nitrogens is 2. The molecule has 204 valence electrons. The molecule has 0 spiro atoms. The molecule has 0 unspecified atom stereocenters. The zero-order valence-electron chi connectivity index (χ0n) is 22.8. The van der Waals surface area contributed by atoms with Crippen LogP contribution in [0.4, 0.5) is 17.3 Å². The number of nitrogens with zero attached hydrogens (tertiary/aromatic N) is 7. The fraction of sp³-hybridized carbons (Fsp3) is 0.357. The highest BCUT2D eigenvalue weighted by Crippen LogP contribution is 2.36. The van der Waals surface area contributed by atoms with E-state index in [-0.39, 0.29) is 5.91 Å². The van der Waals surface area contributed by atoms with Crippen molar-refractivity contribution in [1.82, 2.24) is 14.3 Å². The maximum absolute atomic E-state index is 13.5. The van der Waals surface area contributed by atoms with E-state index in [1.54, 1.807) is 30.0 Å². The summed E-state index contributed by atoms with van der Waals surface area (Å²) in [4.78, 5) is 27.6. The molecule has 1 saturated heterocycles. The summed E-state index contributed by atoms with van der Waals surface area (Å²) in [5.74, 6) is 0.679. The number of para-hydroxylation sites is 1. The normalized spacial score (nSPS) is 14.8. The van der Waals surface area contributed by atoms with E-state index in [0.29, 0.717) is 18.2 Å². The molecule has 0 aliphatic carbocycles. The lowest BCUT2D eigenvalue weighted by molar-refractivity contribution is 0.0990. The highest BCUT2D eigenvalue weighted by Gasteiger charge is 2.28. The predicted octanol–water partition coefficient (Wildman–Crippen LogP) is 3.98. The fourth-order valence-electron chi connectivity index (χ4n) is 4.70. The summed E-state index contributed by atoms with van der Waals surface area (Å²) in [6.45, 7) is 5.93. The lowest BCUT2D eigenvalue weighted by Crippen LogP contribution is -2.44. The summed E-state index contributed by atoms with van der Waals surface area (Å²) in [7, 11) is 3.48. The van der Waals surface area contributed by atoms with Crippen molar-refractivity contribution in [3.8, 4) is 6.07 Å². The van der Waals surface area contributed by atoms with Gasteiger partial charge in [0.05, 0.1) is 11.3 Å². The Morgan fingerprint density at radius 3 is 2.51 bits per heavy atom. The number of hydrogen-bond donors (Lipinski definition) is 1. The molecule has 2 N–H and O–H groups in total. The minimum atomic E-state index is 0.0460. The summed E-state index contributed by atoms with van der Waals surface area (Å²) in [6, 6.07) is 18.1. The monoisotopic (exact) mass is 562 g/mol. The van der Waals surface area contributed by atoms with Gasteiger partial charge >= 0.3 is 0 Å². The van der Waals surface area contributed by atoms with Gasteiger partial charge in [0.1, 0.15) is 11.8 Å².